The molecular formula is C20H25N3. The molecule has 0 amide bonds. The fourth-order valence-electron chi connectivity index (χ4n) is 4.22. The van der Waals surface area contributed by atoms with E-state index >= 15 is 0 Å². The lowest BCUT2D eigenvalue weighted by Crippen LogP contribution is -2.36. The van der Waals surface area contributed by atoms with Crippen LogP contribution < -0.4 is 10.2 Å². The molecule has 23 heavy (non-hydrogen) atoms. The molecule has 0 saturated carbocycles. The van der Waals surface area contributed by atoms with E-state index < -0.39 is 0 Å². The lowest BCUT2D eigenvalue weighted by Gasteiger charge is -2.29. The molecule has 3 nitrogen and oxygen atoms in total. The van der Waals surface area contributed by atoms with Gasteiger partial charge < -0.3 is 10.2 Å². The summed E-state index contributed by atoms with van der Waals surface area (Å²) in [7, 11) is 0. The highest BCUT2D eigenvalue weighted by molar-refractivity contribution is 5.63. The number of rotatable bonds is 3. The van der Waals surface area contributed by atoms with Gasteiger partial charge in [0.2, 0.25) is 0 Å². The maximum Gasteiger partial charge on any atom is 0.0405 e. The van der Waals surface area contributed by atoms with Gasteiger partial charge in [0.1, 0.15) is 0 Å². The highest BCUT2D eigenvalue weighted by Crippen LogP contribution is 2.43. The van der Waals surface area contributed by atoms with Crippen LogP contribution in [0, 0.1) is 6.92 Å². The second kappa shape index (κ2) is 6.32. The summed E-state index contributed by atoms with van der Waals surface area (Å²) in [5.41, 5.74) is 5.77. The van der Waals surface area contributed by atoms with Gasteiger partial charge in [0.05, 0.1) is 0 Å². The summed E-state index contributed by atoms with van der Waals surface area (Å²) in [5.74, 6) is 0.643. The molecule has 1 fully saturated rings. The van der Waals surface area contributed by atoms with Crippen molar-refractivity contribution in [3.05, 3.63) is 59.4 Å². The van der Waals surface area contributed by atoms with Crippen molar-refractivity contribution in [3.63, 3.8) is 0 Å². The average molecular weight is 307 g/mol. The monoisotopic (exact) mass is 307 g/mol. The summed E-state index contributed by atoms with van der Waals surface area (Å²) in [5, 5.41) is 3.64. The van der Waals surface area contributed by atoms with Crippen LogP contribution in [0.3, 0.4) is 0 Å². The van der Waals surface area contributed by atoms with Crippen LogP contribution in [-0.2, 0) is 6.42 Å². The third kappa shape index (κ3) is 2.86. The van der Waals surface area contributed by atoms with Gasteiger partial charge in [-0.3, -0.25) is 4.98 Å². The van der Waals surface area contributed by atoms with Crippen LogP contribution in [0.25, 0.3) is 0 Å². The number of aryl methyl sites for hydroxylation is 1. The number of anilines is 1. The smallest absolute Gasteiger partial charge is 0.0405 e. The Kier molecular flexibility index (Phi) is 4.04. The molecule has 4 rings (SSSR count). The first-order valence-electron chi connectivity index (χ1n) is 8.80. The van der Waals surface area contributed by atoms with E-state index in [1.165, 1.54) is 29.7 Å². The summed E-state index contributed by atoms with van der Waals surface area (Å²) < 4.78 is 0. The third-order valence-corrected chi connectivity index (χ3v) is 5.37. The number of aromatic nitrogens is 1. The molecule has 0 bridgehead atoms. The van der Waals surface area contributed by atoms with E-state index in [4.69, 9.17) is 0 Å². The van der Waals surface area contributed by atoms with Crippen molar-refractivity contribution >= 4 is 5.69 Å². The van der Waals surface area contributed by atoms with Gasteiger partial charge >= 0.3 is 0 Å². The van der Waals surface area contributed by atoms with E-state index in [9.17, 15) is 0 Å². The number of hydrogen-bond donors (Lipinski definition) is 1. The third-order valence-electron chi connectivity index (χ3n) is 5.37. The van der Waals surface area contributed by atoms with Crippen molar-refractivity contribution in [2.75, 3.05) is 24.5 Å². The van der Waals surface area contributed by atoms with Gasteiger partial charge in [-0.1, -0.05) is 17.7 Å². The summed E-state index contributed by atoms with van der Waals surface area (Å²) in [4.78, 5) is 6.80. The van der Waals surface area contributed by atoms with Crippen LogP contribution in [0.15, 0.2) is 42.7 Å². The zero-order valence-electron chi connectivity index (χ0n) is 13.8. The molecule has 1 aromatic heterocycles. The number of fused-ring (bicyclic) bond motifs is 3. The van der Waals surface area contributed by atoms with Crippen molar-refractivity contribution in [1.29, 1.82) is 0 Å². The molecule has 3 heterocycles. The molecule has 1 N–H and O–H groups in total. The molecule has 0 spiro atoms. The zero-order valence-corrected chi connectivity index (χ0v) is 13.8. The zero-order chi connectivity index (χ0) is 15.6. The van der Waals surface area contributed by atoms with E-state index in [1.807, 2.05) is 12.4 Å². The Morgan fingerprint density at radius 2 is 2.09 bits per heavy atom. The number of hydrogen-bond acceptors (Lipinski definition) is 3. The van der Waals surface area contributed by atoms with E-state index in [-0.39, 0.29) is 0 Å². The summed E-state index contributed by atoms with van der Waals surface area (Å²) in [6, 6.07) is 11.9. The molecule has 1 saturated heterocycles. The second-order valence-electron chi connectivity index (χ2n) is 6.88. The maximum absolute atomic E-state index is 4.13. The number of nitrogens with one attached hydrogen (secondary N) is 1. The molecule has 2 aliphatic rings. The molecule has 120 valence electrons. The predicted octanol–water partition coefficient (Wildman–Crippen LogP) is 3.29. The Morgan fingerprint density at radius 3 is 2.96 bits per heavy atom. The Labute approximate surface area is 138 Å². The topological polar surface area (TPSA) is 28.2 Å². The Balaban J connectivity index is 1.62. The van der Waals surface area contributed by atoms with Gasteiger partial charge in [-0.2, -0.15) is 0 Å². The van der Waals surface area contributed by atoms with E-state index in [0.29, 0.717) is 12.0 Å². The van der Waals surface area contributed by atoms with Crippen LogP contribution in [0.4, 0.5) is 5.69 Å². The normalized spacial score (nSPS) is 23.3. The van der Waals surface area contributed by atoms with Crippen LogP contribution >= 0.6 is 0 Å². The highest BCUT2D eigenvalue weighted by Gasteiger charge is 2.38. The van der Waals surface area contributed by atoms with E-state index in [0.717, 1.165) is 26.1 Å². The summed E-state index contributed by atoms with van der Waals surface area (Å²) >= 11 is 0. The minimum absolute atomic E-state index is 0.643. The Bertz CT molecular complexity index is 668. The van der Waals surface area contributed by atoms with Crippen molar-refractivity contribution < 1.29 is 0 Å². The number of benzene rings is 1. The van der Waals surface area contributed by atoms with E-state index in [1.54, 1.807) is 5.56 Å². The predicted molar refractivity (Wildman–Crippen MR) is 95.1 cm³/mol. The van der Waals surface area contributed by atoms with Gasteiger partial charge in [-0.25, -0.2) is 0 Å². The molecule has 0 unspecified atom stereocenters. The number of nitrogens with zero attached hydrogens (tertiary/aromatic N) is 2. The molecule has 0 radical (unpaired) electrons. The van der Waals surface area contributed by atoms with Crippen molar-refractivity contribution in [1.82, 2.24) is 10.3 Å². The molecule has 3 heteroatoms. The number of pyridine rings is 1. The molecule has 2 aliphatic heterocycles. The van der Waals surface area contributed by atoms with E-state index in [2.05, 4.69) is 52.5 Å². The maximum atomic E-state index is 4.13. The Morgan fingerprint density at radius 1 is 1.22 bits per heavy atom. The fraction of sp³-hybridized carbons (Fsp3) is 0.450. The Hall–Kier alpha value is -1.87. The van der Waals surface area contributed by atoms with Crippen molar-refractivity contribution in [2.24, 2.45) is 0 Å². The van der Waals surface area contributed by atoms with Gasteiger partial charge in [0.25, 0.3) is 0 Å². The minimum atomic E-state index is 0.643. The average Bonchev–Trinajstić information content (AvgIpc) is 2.73. The first kappa shape index (κ1) is 14.7. The van der Waals surface area contributed by atoms with Gasteiger partial charge in [0, 0.05) is 43.1 Å². The molecular weight excluding hydrogens is 282 g/mol. The van der Waals surface area contributed by atoms with Crippen LogP contribution in [0.2, 0.25) is 0 Å². The molecule has 2 aromatic rings. The molecule has 1 aromatic carbocycles. The van der Waals surface area contributed by atoms with Crippen molar-refractivity contribution in [3.8, 4) is 0 Å². The van der Waals surface area contributed by atoms with Gasteiger partial charge in [-0.05, 0) is 62.1 Å². The lowest BCUT2D eigenvalue weighted by atomic mass is 9.92. The van der Waals surface area contributed by atoms with Crippen molar-refractivity contribution in [2.45, 2.75) is 38.1 Å². The SMILES string of the molecule is Cc1ccc2c(c1)[C@H]1CNCCC[C@H]1N2CCc1ccncc1. The second-order valence-corrected chi connectivity index (χ2v) is 6.88. The standard InChI is InChI=1S/C20H25N3/c1-15-4-5-20-17(13-15)18-14-22-9-2-3-19(18)23(20)12-8-16-6-10-21-11-7-16/h4-7,10-11,13,18-19,22H,2-3,8-9,12,14H2,1H3/t18-,19-/m1/s1. The summed E-state index contributed by atoms with van der Waals surface area (Å²) in [6.07, 6.45) is 7.46. The minimum Gasteiger partial charge on any atom is -0.367 e. The fourth-order valence-corrected chi connectivity index (χ4v) is 4.22. The molecule has 0 aliphatic carbocycles. The molecule has 2 atom stereocenters. The first-order valence-corrected chi connectivity index (χ1v) is 8.80. The van der Waals surface area contributed by atoms with Gasteiger partial charge in [-0.15, -0.1) is 0 Å². The van der Waals surface area contributed by atoms with Crippen LogP contribution in [0.5, 0.6) is 0 Å². The largest absolute Gasteiger partial charge is 0.367 e. The van der Waals surface area contributed by atoms with Gasteiger partial charge in [0.15, 0.2) is 0 Å². The quantitative estimate of drug-likeness (QED) is 0.943. The lowest BCUT2D eigenvalue weighted by molar-refractivity contribution is 0.512. The van der Waals surface area contributed by atoms with Crippen LogP contribution in [-0.4, -0.2) is 30.7 Å². The first-order chi connectivity index (χ1) is 11.3. The van der Waals surface area contributed by atoms with Crippen LogP contribution in [0.1, 0.15) is 35.4 Å². The summed E-state index contributed by atoms with van der Waals surface area (Å²) in [6.45, 7) is 5.58. The highest BCUT2D eigenvalue weighted by atomic mass is 15.2.